The quantitative estimate of drug-likeness (QED) is 0.687. The zero-order chi connectivity index (χ0) is 19.8. The van der Waals surface area contributed by atoms with Gasteiger partial charge in [0.15, 0.2) is 0 Å². The van der Waals surface area contributed by atoms with Crippen LogP contribution in [0.3, 0.4) is 0 Å². The van der Waals surface area contributed by atoms with Crippen molar-refractivity contribution in [1.82, 2.24) is 10.6 Å². The van der Waals surface area contributed by atoms with Gasteiger partial charge >= 0.3 is 0 Å². The minimum Gasteiger partial charge on any atom is -0.508 e. The fraction of sp³-hybridized carbons (Fsp3) is 0.391. The van der Waals surface area contributed by atoms with Gasteiger partial charge < -0.3 is 15.7 Å². The molecule has 3 rings (SSSR count). The van der Waals surface area contributed by atoms with Crippen molar-refractivity contribution in [3.05, 3.63) is 65.2 Å². The molecule has 2 amide bonds. The van der Waals surface area contributed by atoms with Crippen molar-refractivity contribution in [3.8, 4) is 5.75 Å². The number of hydrogen-bond donors (Lipinski definition) is 3. The molecule has 0 radical (unpaired) electrons. The van der Waals surface area contributed by atoms with Crippen LogP contribution in [0.25, 0.3) is 0 Å². The van der Waals surface area contributed by atoms with Crippen LogP contribution >= 0.6 is 0 Å². The molecular weight excluding hydrogens is 352 g/mol. The van der Waals surface area contributed by atoms with Gasteiger partial charge in [0.05, 0.1) is 0 Å². The molecule has 5 heteroatoms. The molecule has 148 valence electrons. The topological polar surface area (TPSA) is 78.4 Å². The van der Waals surface area contributed by atoms with Crippen LogP contribution in [0, 0.1) is 5.92 Å². The van der Waals surface area contributed by atoms with E-state index in [1.807, 2.05) is 24.3 Å². The van der Waals surface area contributed by atoms with Gasteiger partial charge in [-0.1, -0.05) is 43.5 Å². The summed E-state index contributed by atoms with van der Waals surface area (Å²) in [5.74, 6) is 0.433. The molecule has 0 atom stereocenters. The Hall–Kier alpha value is -2.82. The Morgan fingerprint density at radius 3 is 2.18 bits per heavy atom. The van der Waals surface area contributed by atoms with Crippen LogP contribution in [-0.4, -0.2) is 23.5 Å². The molecule has 0 spiro atoms. The maximum atomic E-state index is 12.3. The van der Waals surface area contributed by atoms with E-state index in [-0.39, 0.29) is 23.5 Å². The van der Waals surface area contributed by atoms with E-state index in [0.717, 1.165) is 36.8 Å². The van der Waals surface area contributed by atoms with Crippen LogP contribution in [0.4, 0.5) is 0 Å². The van der Waals surface area contributed by atoms with Crippen LogP contribution in [0.5, 0.6) is 5.75 Å². The monoisotopic (exact) mass is 380 g/mol. The Bertz CT molecular complexity index is 778. The Kier molecular flexibility index (Phi) is 7.06. The first-order chi connectivity index (χ1) is 13.6. The van der Waals surface area contributed by atoms with Gasteiger partial charge in [-0.25, -0.2) is 0 Å². The average Bonchev–Trinajstić information content (AvgIpc) is 2.74. The third-order valence-corrected chi connectivity index (χ3v) is 5.29. The summed E-state index contributed by atoms with van der Waals surface area (Å²) >= 11 is 0. The maximum absolute atomic E-state index is 12.3. The lowest BCUT2D eigenvalue weighted by molar-refractivity contribution is -0.126. The lowest BCUT2D eigenvalue weighted by Crippen LogP contribution is -2.31. The van der Waals surface area contributed by atoms with E-state index >= 15 is 0 Å². The molecule has 0 heterocycles. The van der Waals surface area contributed by atoms with Crippen molar-refractivity contribution in [1.29, 1.82) is 0 Å². The SMILES string of the molecule is O=C(NCCc1ccc(O)cc1)c1ccc(CNC(=O)C2CCCCC2)cc1. The zero-order valence-corrected chi connectivity index (χ0v) is 16.1. The van der Waals surface area contributed by atoms with E-state index in [4.69, 9.17) is 0 Å². The first-order valence-electron chi connectivity index (χ1n) is 10.0. The Balaban J connectivity index is 1.42. The fourth-order valence-electron chi connectivity index (χ4n) is 3.56. The smallest absolute Gasteiger partial charge is 0.251 e. The number of hydrogen-bond acceptors (Lipinski definition) is 3. The summed E-state index contributed by atoms with van der Waals surface area (Å²) in [6, 6.07) is 14.3. The van der Waals surface area contributed by atoms with Crippen LogP contribution in [0.1, 0.15) is 53.6 Å². The summed E-state index contributed by atoms with van der Waals surface area (Å²) in [4.78, 5) is 24.5. The number of aromatic hydroxyl groups is 1. The van der Waals surface area contributed by atoms with Crippen molar-refractivity contribution < 1.29 is 14.7 Å². The second-order valence-corrected chi connectivity index (χ2v) is 7.42. The van der Waals surface area contributed by atoms with Gasteiger partial charge in [-0.05, 0) is 54.7 Å². The van der Waals surface area contributed by atoms with Gasteiger partial charge in [-0.2, -0.15) is 0 Å². The van der Waals surface area contributed by atoms with Crippen molar-refractivity contribution in [2.24, 2.45) is 5.92 Å². The Labute approximate surface area is 166 Å². The summed E-state index contributed by atoms with van der Waals surface area (Å²) in [7, 11) is 0. The highest BCUT2D eigenvalue weighted by molar-refractivity contribution is 5.94. The van der Waals surface area contributed by atoms with E-state index in [2.05, 4.69) is 10.6 Å². The number of phenols is 1. The van der Waals surface area contributed by atoms with Crippen molar-refractivity contribution in [2.75, 3.05) is 6.54 Å². The number of benzene rings is 2. The van der Waals surface area contributed by atoms with E-state index < -0.39 is 0 Å². The van der Waals surface area contributed by atoms with Gasteiger partial charge in [0.2, 0.25) is 5.91 Å². The predicted molar refractivity (Wildman–Crippen MR) is 109 cm³/mol. The molecule has 3 N–H and O–H groups in total. The highest BCUT2D eigenvalue weighted by atomic mass is 16.3. The van der Waals surface area contributed by atoms with Gasteiger partial charge in [-0.15, -0.1) is 0 Å². The molecule has 1 saturated carbocycles. The van der Waals surface area contributed by atoms with Crippen LogP contribution in [-0.2, 0) is 17.8 Å². The number of rotatable bonds is 7. The highest BCUT2D eigenvalue weighted by Crippen LogP contribution is 2.23. The van der Waals surface area contributed by atoms with E-state index in [9.17, 15) is 14.7 Å². The first-order valence-corrected chi connectivity index (χ1v) is 10.0. The van der Waals surface area contributed by atoms with Gasteiger partial charge in [0, 0.05) is 24.6 Å². The van der Waals surface area contributed by atoms with Crippen molar-refractivity contribution in [2.45, 2.75) is 45.1 Å². The molecule has 2 aromatic carbocycles. The molecule has 0 saturated heterocycles. The van der Waals surface area contributed by atoms with Crippen molar-refractivity contribution >= 4 is 11.8 Å². The van der Waals surface area contributed by atoms with Gasteiger partial charge in [-0.3, -0.25) is 9.59 Å². The molecular formula is C23H28N2O3. The molecule has 28 heavy (non-hydrogen) atoms. The fourth-order valence-corrected chi connectivity index (χ4v) is 3.56. The minimum absolute atomic E-state index is 0.114. The van der Waals surface area contributed by atoms with E-state index in [0.29, 0.717) is 25.1 Å². The normalized spacial score (nSPS) is 14.4. The predicted octanol–water partition coefficient (Wildman–Crippen LogP) is 3.56. The Morgan fingerprint density at radius 1 is 0.857 bits per heavy atom. The molecule has 0 aromatic heterocycles. The molecule has 1 aliphatic rings. The third kappa shape index (κ3) is 5.84. The summed E-state index contributed by atoms with van der Waals surface area (Å²) in [6.07, 6.45) is 6.23. The average molecular weight is 380 g/mol. The molecule has 0 bridgehead atoms. The van der Waals surface area contributed by atoms with Crippen LogP contribution < -0.4 is 10.6 Å². The standard InChI is InChI=1S/C23H28N2O3/c26-21-12-8-17(9-13-21)14-15-24-22(27)20-10-6-18(7-11-20)16-25-23(28)19-4-2-1-3-5-19/h6-13,19,26H,1-5,14-16H2,(H,24,27)(H,25,28). The number of amides is 2. The number of nitrogens with one attached hydrogen (secondary N) is 2. The molecule has 5 nitrogen and oxygen atoms in total. The van der Waals surface area contributed by atoms with E-state index in [1.54, 1.807) is 24.3 Å². The largest absolute Gasteiger partial charge is 0.508 e. The zero-order valence-electron chi connectivity index (χ0n) is 16.1. The van der Waals surface area contributed by atoms with Gasteiger partial charge in [0.1, 0.15) is 5.75 Å². The van der Waals surface area contributed by atoms with E-state index in [1.165, 1.54) is 6.42 Å². The number of carbonyl (C=O) groups excluding carboxylic acids is 2. The molecule has 2 aromatic rings. The minimum atomic E-state index is -0.114. The maximum Gasteiger partial charge on any atom is 0.251 e. The van der Waals surface area contributed by atoms with Crippen molar-refractivity contribution in [3.63, 3.8) is 0 Å². The molecule has 1 fully saturated rings. The second-order valence-electron chi connectivity index (χ2n) is 7.42. The van der Waals surface area contributed by atoms with Gasteiger partial charge in [0.25, 0.3) is 5.91 Å². The number of carbonyl (C=O) groups is 2. The summed E-state index contributed by atoms with van der Waals surface area (Å²) in [5, 5.41) is 15.2. The first kappa shape index (κ1) is 19.9. The summed E-state index contributed by atoms with van der Waals surface area (Å²) < 4.78 is 0. The van der Waals surface area contributed by atoms with Crippen LogP contribution in [0.2, 0.25) is 0 Å². The van der Waals surface area contributed by atoms with Crippen LogP contribution in [0.15, 0.2) is 48.5 Å². The highest BCUT2D eigenvalue weighted by Gasteiger charge is 2.20. The molecule has 0 unspecified atom stereocenters. The summed E-state index contributed by atoms with van der Waals surface area (Å²) in [5.41, 5.74) is 2.65. The summed E-state index contributed by atoms with van der Waals surface area (Å²) in [6.45, 7) is 1.03. The Morgan fingerprint density at radius 2 is 1.50 bits per heavy atom. The molecule has 1 aliphatic carbocycles. The lowest BCUT2D eigenvalue weighted by atomic mass is 9.88. The second kappa shape index (κ2) is 9.93. The lowest BCUT2D eigenvalue weighted by Gasteiger charge is -2.20. The third-order valence-electron chi connectivity index (χ3n) is 5.29. The number of phenolic OH excluding ortho intramolecular Hbond substituents is 1. The molecule has 0 aliphatic heterocycles.